The first kappa shape index (κ1) is 30.1. The number of hydrogen-bond donors (Lipinski definition) is 1. The Hall–Kier alpha value is -2.13. The summed E-state index contributed by atoms with van der Waals surface area (Å²) >= 11 is 12.2. The average molecular weight is 557 g/mol. The SMILES string of the molecule is CCC(C(=O)NCC(C)C)N(Cc1ccc(Cl)c(Cl)c1)C(=O)CCCN(C)S(=O)(=O)c1ccccc1. The summed E-state index contributed by atoms with van der Waals surface area (Å²) in [6.45, 7) is 6.71. The summed E-state index contributed by atoms with van der Waals surface area (Å²) in [5.41, 5.74) is 0.747. The highest BCUT2D eigenvalue weighted by molar-refractivity contribution is 7.89. The molecule has 0 aliphatic heterocycles. The van der Waals surface area contributed by atoms with Gasteiger partial charge < -0.3 is 10.2 Å². The van der Waals surface area contributed by atoms with Gasteiger partial charge in [-0.25, -0.2) is 12.7 Å². The second-order valence-corrected chi connectivity index (χ2v) is 11.9. The van der Waals surface area contributed by atoms with Gasteiger partial charge in [0.05, 0.1) is 14.9 Å². The van der Waals surface area contributed by atoms with E-state index in [-0.39, 0.29) is 42.1 Å². The van der Waals surface area contributed by atoms with Crippen LogP contribution in [0.4, 0.5) is 0 Å². The highest BCUT2D eigenvalue weighted by Crippen LogP contribution is 2.24. The normalized spacial score (nSPS) is 12.6. The fraction of sp³-hybridized carbons (Fsp3) is 0.462. The maximum atomic E-state index is 13.4. The van der Waals surface area contributed by atoms with Crippen molar-refractivity contribution in [2.45, 2.75) is 57.5 Å². The molecule has 1 unspecified atom stereocenters. The lowest BCUT2D eigenvalue weighted by molar-refractivity contribution is -0.141. The monoisotopic (exact) mass is 555 g/mol. The molecule has 2 aromatic rings. The number of nitrogens with one attached hydrogen (secondary N) is 1. The lowest BCUT2D eigenvalue weighted by atomic mass is 10.1. The van der Waals surface area contributed by atoms with Crippen LogP contribution in [-0.2, 0) is 26.2 Å². The Morgan fingerprint density at radius 2 is 1.69 bits per heavy atom. The van der Waals surface area contributed by atoms with Gasteiger partial charge in [0, 0.05) is 33.1 Å². The zero-order chi connectivity index (χ0) is 26.9. The van der Waals surface area contributed by atoms with Crippen LogP contribution in [0.1, 0.15) is 45.6 Å². The van der Waals surface area contributed by atoms with Crippen molar-refractivity contribution >= 4 is 45.0 Å². The first-order chi connectivity index (χ1) is 17.0. The summed E-state index contributed by atoms with van der Waals surface area (Å²) in [6, 6.07) is 12.6. The second-order valence-electron chi connectivity index (χ2n) is 9.08. The molecule has 10 heteroatoms. The fourth-order valence-electron chi connectivity index (χ4n) is 3.67. The number of hydrogen-bond acceptors (Lipinski definition) is 4. The number of amides is 2. The number of nitrogens with zero attached hydrogens (tertiary/aromatic N) is 2. The minimum Gasteiger partial charge on any atom is -0.354 e. The number of sulfonamides is 1. The molecule has 198 valence electrons. The first-order valence-corrected chi connectivity index (χ1v) is 14.2. The van der Waals surface area contributed by atoms with E-state index in [1.54, 1.807) is 41.3 Å². The highest BCUT2D eigenvalue weighted by Gasteiger charge is 2.29. The maximum absolute atomic E-state index is 13.4. The molecule has 0 fully saturated rings. The highest BCUT2D eigenvalue weighted by atomic mass is 35.5. The van der Waals surface area contributed by atoms with Gasteiger partial charge in [-0.2, -0.15) is 0 Å². The molecule has 2 rings (SSSR count). The number of rotatable bonds is 13. The first-order valence-electron chi connectivity index (χ1n) is 12.0. The van der Waals surface area contributed by atoms with Crippen LogP contribution in [-0.4, -0.2) is 55.6 Å². The lowest BCUT2D eigenvalue weighted by Crippen LogP contribution is -2.49. The third kappa shape index (κ3) is 8.47. The van der Waals surface area contributed by atoms with Crippen LogP contribution in [0.2, 0.25) is 10.0 Å². The van der Waals surface area contributed by atoms with E-state index < -0.39 is 16.1 Å². The van der Waals surface area contributed by atoms with Crippen LogP contribution >= 0.6 is 23.2 Å². The summed E-state index contributed by atoms with van der Waals surface area (Å²) < 4.78 is 26.8. The molecule has 0 spiro atoms. The van der Waals surface area contributed by atoms with Crippen molar-refractivity contribution in [3.63, 3.8) is 0 Å². The van der Waals surface area contributed by atoms with Crippen molar-refractivity contribution in [1.29, 1.82) is 0 Å². The lowest BCUT2D eigenvalue weighted by Gasteiger charge is -2.31. The summed E-state index contributed by atoms with van der Waals surface area (Å²) in [5.74, 6) is -0.186. The van der Waals surface area contributed by atoms with E-state index in [4.69, 9.17) is 23.2 Å². The van der Waals surface area contributed by atoms with Crippen molar-refractivity contribution in [3.05, 3.63) is 64.1 Å². The van der Waals surface area contributed by atoms with E-state index in [0.717, 1.165) is 5.56 Å². The summed E-state index contributed by atoms with van der Waals surface area (Å²) in [4.78, 5) is 28.1. The average Bonchev–Trinajstić information content (AvgIpc) is 2.85. The molecule has 2 amide bonds. The Morgan fingerprint density at radius 1 is 1.03 bits per heavy atom. The largest absolute Gasteiger partial charge is 0.354 e. The minimum absolute atomic E-state index is 0.0872. The summed E-state index contributed by atoms with van der Waals surface area (Å²) in [7, 11) is -2.15. The number of halogens is 2. The molecule has 36 heavy (non-hydrogen) atoms. The quantitative estimate of drug-likeness (QED) is 0.377. The van der Waals surface area contributed by atoms with E-state index in [0.29, 0.717) is 29.4 Å². The molecular formula is C26H35Cl2N3O4S. The number of carbonyl (C=O) groups is 2. The zero-order valence-corrected chi connectivity index (χ0v) is 23.5. The van der Waals surface area contributed by atoms with Crippen LogP contribution in [0.3, 0.4) is 0 Å². The standard InChI is InChI=1S/C26H35Cl2N3O4S/c1-5-24(26(33)29-17-19(2)3)31(18-20-13-14-22(27)23(28)16-20)25(32)12-9-15-30(4)36(34,35)21-10-7-6-8-11-21/h6-8,10-11,13-14,16,19,24H,5,9,12,15,17-18H2,1-4H3,(H,29,33). The van der Waals surface area contributed by atoms with E-state index >= 15 is 0 Å². The molecular weight excluding hydrogens is 521 g/mol. The molecule has 0 saturated heterocycles. The Labute approximate surface area is 224 Å². The van der Waals surface area contributed by atoms with Crippen LogP contribution in [0, 0.1) is 5.92 Å². The molecule has 1 atom stereocenters. The van der Waals surface area contributed by atoms with Gasteiger partial charge in [-0.15, -0.1) is 0 Å². The Bertz CT molecular complexity index is 1130. The van der Waals surface area contributed by atoms with Gasteiger partial charge in [0.1, 0.15) is 6.04 Å². The van der Waals surface area contributed by atoms with Crippen LogP contribution in [0.5, 0.6) is 0 Å². The fourth-order valence-corrected chi connectivity index (χ4v) is 5.22. The van der Waals surface area contributed by atoms with E-state index in [1.165, 1.54) is 23.5 Å². The smallest absolute Gasteiger partial charge is 0.242 e. The van der Waals surface area contributed by atoms with Gasteiger partial charge in [-0.1, -0.05) is 68.2 Å². The van der Waals surface area contributed by atoms with Crippen LogP contribution in [0.15, 0.2) is 53.4 Å². The van der Waals surface area contributed by atoms with Crippen molar-refractivity contribution in [3.8, 4) is 0 Å². The predicted molar refractivity (Wildman–Crippen MR) is 144 cm³/mol. The molecule has 0 saturated carbocycles. The number of benzene rings is 2. The molecule has 0 aliphatic carbocycles. The third-order valence-corrected chi connectivity index (χ3v) is 8.33. The molecule has 0 aromatic heterocycles. The Kier molecular flexibility index (Phi) is 11.7. The van der Waals surface area contributed by atoms with E-state index in [2.05, 4.69) is 5.32 Å². The third-order valence-electron chi connectivity index (χ3n) is 5.72. The molecule has 7 nitrogen and oxygen atoms in total. The topological polar surface area (TPSA) is 86.8 Å². The molecule has 1 N–H and O–H groups in total. The van der Waals surface area contributed by atoms with Crippen LogP contribution in [0.25, 0.3) is 0 Å². The molecule has 0 radical (unpaired) electrons. The van der Waals surface area contributed by atoms with Gasteiger partial charge in [0.15, 0.2) is 0 Å². The minimum atomic E-state index is -3.65. The molecule has 2 aromatic carbocycles. The molecule has 0 heterocycles. The zero-order valence-electron chi connectivity index (χ0n) is 21.2. The summed E-state index contributed by atoms with van der Waals surface area (Å²) in [6.07, 6.45) is 0.826. The van der Waals surface area contributed by atoms with E-state index in [9.17, 15) is 18.0 Å². The van der Waals surface area contributed by atoms with Crippen LogP contribution < -0.4 is 5.32 Å². The predicted octanol–water partition coefficient (Wildman–Crippen LogP) is 4.97. The molecule has 0 aliphatic rings. The van der Waals surface area contributed by atoms with Crippen molar-refractivity contribution < 1.29 is 18.0 Å². The van der Waals surface area contributed by atoms with Gasteiger partial charge >= 0.3 is 0 Å². The van der Waals surface area contributed by atoms with Crippen molar-refractivity contribution in [2.75, 3.05) is 20.1 Å². The molecule has 0 bridgehead atoms. The Balaban J connectivity index is 2.15. The maximum Gasteiger partial charge on any atom is 0.242 e. The van der Waals surface area contributed by atoms with Crippen molar-refractivity contribution in [2.24, 2.45) is 5.92 Å². The Morgan fingerprint density at radius 3 is 2.28 bits per heavy atom. The summed E-state index contributed by atoms with van der Waals surface area (Å²) in [5, 5.41) is 3.69. The van der Waals surface area contributed by atoms with Gasteiger partial charge in [-0.05, 0) is 48.6 Å². The number of carbonyl (C=O) groups excluding carboxylic acids is 2. The van der Waals surface area contributed by atoms with Crippen molar-refractivity contribution in [1.82, 2.24) is 14.5 Å². The second kappa shape index (κ2) is 14.0. The van der Waals surface area contributed by atoms with Gasteiger partial charge in [0.25, 0.3) is 0 Å². The van der Waals surface area contributed by atoms with E-state index in [1.807, 2.05) is 20.8 Å². The van der Waals surface area contributed by atoms with Gasteiger partial charge in [0.2, 0.25) is 21.8 Å². The van der Waals surface area contributed by atoms with Gasteiger partial charge in [-0.3, -0.25) is 9.59 Å².